The van der Waals surface area contributed by atoms with E-state index in [-0.39, 0.29) is 24.2 Å². The monoisotopic (exact) mass is 324 g/mol. The number of carbonyl (C=O) groups excluding carboxylic acids is 2. The second kappa shape index (κ2) is 7.68. The Bertz CT molecular complexity index is 691. The minimum absolute atomic E-state index is 0.0271. The zero-order valence-electron chi connectivity index (χ0n) is 13.4. The molecule has 0 spiro atoms. The van der Waals surface area contributed by atoms with Gasteiger partial charge in [-0.25, -0.2) is 0 Å². The molecule has 0 bridgehead atoms. The zero-order valence-corrected chi connectivity index (χ0v) is 13.4. The first-order valence-corrected chi connectivity index (χ1v) is 8.05. The van der Waals surface area contributed by atoms with Crippen molar-refractivity contribution in [3.8, 4) is 0 Å². The first-order chi connectivity index (χ1) is 11.7. The minimum Gasteiger partial charge on any atom is -0.355 e. The number of amides is 2. The lowest BCUT2D eigenvalue weighted by Crippen LogP contribution is -2.34. The van der Waals surface area contributed by atoms with Gasteiger partial charge in [0.1, 0.15) is 0 Å². The number of rotatable bonds is 6. The van der Waals surface area contributed by atoms with Gasteiger partial charge in [-0.2, -0.15) is 0 Å². The average Bonchev–Trinajstić information content (AvgIpc) is 2.97. The Balaban J connectivity index is 1.47. The summed E-state index contributed by atoms with van der Waals surface area (Å²) < 4.78 is 0. The molecule has 0 radical (unpaired) electrons. The Kier molecular flexibility index (Phi) is 5.15. The molecule has 6 nitrogen and oxygen atoms in total. The van der Waals surface area contributed by atoms with Crippen molar-refractivity contribution in [1.82, 2.24) is 20.2 Å². The molecule has 1 saturated heterocycles. The molecular weight excluding hydrogens is 304 g/mol. The van der Waals surface area contributed by atoms with Gasteiger partial charge in [0.15, 0.2) is 0 Å². The summed E-state index contributed by atoms with van der Waals surface area (Å²) in [5.41, 5.74) is 2.11. The fourth-order valence-corrected chi connectivity index (χ4v) is 2.83. The Labute approximate surface area is 140 Å². The molecule has 1 fully saturated rings. The molecule has 0 saturated carbocycles. The predicted octanol–water partition coefficient (Wildman–Crippen LogP) is 1.18. The molecule has 0 aliphatic carbocycles. The van der Waals surface area contributed by atoms with Crippen molar-refractivity contribution in [1.29, 1.82) is 0 Å². The molecule has 124 valence electrons. The third-order valence-corrected chi connectivity index (χ3v) is 4.14. The van der Waals surface area contributed by atoms with Crippen LogP contribution in [0.1, 0.15) is 17.5 Å². The van der Waals surface area contributed by atoms with Crippen LogP contribution in [0.15, 0.2) is 49.1 Å². The molecule has 3 heterocycles. The molecule has 0 aromatic carbocycles. The molecule has 6 heteroatoms. The van der Waals surface area contributed by atoms with Crippen LogP contribution in [0.3, 0.4) is 0 Å². The fraction of sp³-hybridized carbons (Fsp3) is 0.333. The smallest absolute Gasteiger partial charge is 0.225 e. The standard InChI is InChI=1S/C18H20N4O2/c23-17-10-16(13-22(17)12-15-3-7-19-8-4-15)18(24)21-9-5-14-2-1-6-20-11-14/h1-4,6-8,11,16H,5,9-10,12-13H2,(H,21,24). The van der Waals surface area contributed by atoms with Crippen molar-refractivity contribution in [2.24, 2.45) is 5.92 Å². The van der Waals surface area contributed by atoms with Gasteiger partial charge in [0.05, 0.1) is 5.92 Å². The van der Waals surface area contributed by atoms with Crippen molar-refractivity contribution in [3.63, 3.8) is 0 Å². The summed E-state index contributed by atoms with van der Waals surface area (Å²) in [7, 11) is 0. The van der Waals surface area contributed by atoms with E-state index in [0.717, 1.165) is 17.5 Å². The third kappa shape index (κ3) is 4.16. The van der Waals surface area contributed by atoms with Gasteiger partial charge >= 0.3 is 0 Å². The summed E-state index contributed by atoms with van der Waals surface area (Å²) in [5.74, 6) is -0.295. The maximum absolute atomic E-state index is 12.3. The molecule has 1 unspecified atom stereocenters. The summed E-state index contributed by atoms with van der Waals surface area (Å²) in [6.45, 7) is 1.56. The van der Waals surface area contributed by atoms with Gasteiger partial charge in [-0.15, -0.1) is 0 Å². The van der Waals surface area contributed by atoms with E-state index in [0.29, 0.717) is 19.6 Å². The number of nitrogens with one attached hydrogen (secondary N) is 1. The van der Waals surface area contributed by atoms with Crippen LogP contribution in [0.25, 0.3) is 0 Å². The minimum atomic E-state index is -0.270. The summed E-state index contributed by atoms with van der Waals surface area (Å²) in [4.78, 5) is 34.1. The number of likely N-dealkylation sites (tertiary alicyclic amines) is 1. The van der Waals surface area contributed by atoms with E-state index >= 15 is 0 Å². The van der Waals surface area contributed by atoms with E-state index < -0.39 is 0 Å². The number of aromatic nitrogens is 2. The van der Waals surface area contributed by atoms with Crippen LogP contribution in [-0.2, 0) is 22.6 Å². The van der Waals surface area contributed by atoms with Gasteiger partial charge in [0, 0.05) is 50.8 Å². The molecule has 2 amide bonds. The van der Waals surface area contributed by atoms with Gasteiger partial charge < -0.3 is 10.2 Å². The molecule has 24 heavy (non-hydrogen) atoms. The van der Waals surface area contributed by atoms with Crippen molar-refractivity contribution in [2.45, 2.75) is 19.4 Å². The maximum Gasteiger partial charge on any atom is 0.225 e. The summed E-state index contributed by atoms with van der Waals surface area (Å²) in [5, 5.41) is 2.92. The van der Waals surface area contributed by atoms with Gasteiger partial charge in [0.25, 0.3) is 0 Å². The van der Waals surface area contributed by atoms with E-state index in [1.165, 1.54) is 0 Å². The lowest BCUT2D eigenvalue weighted by atomic mass is 10.1. The van der Waals surface area contributed by atoms with Crippen LogP contribution in [-0.4, -0.2) is 39.8 Å². The summed E-state index contributed by atoms with van der Waals surface area (Å²) in [6, 6.07) is 7.63. The molecule has 1 aliphatic heterocycles. The highest BCUT2D eigenvalue weighted by Gasteiger charge is 2.33. The number of nitrogens with zero attached hydrogens (tertiary/aromatic N) is 3. The van der Waals surface area contributed by atoms with E-state index in [4.69, 9.17) is 0 Å². The van der Waals surface area contributed by atoms with Crippen LogP contribution in [0, 0.1) is 5.92 Å². The molecule has 1 aliphatic rings. The van der Waals surface area contributed by atoms with Crippen molar-refractivity contribution in [3.05, 3.63) is 60.2 Å². The Morgan fingerprint density at radius 2 is 2.00 bits per heavy atom. The van der Waals surface area contributed by atoms with Crippen LogP contribution >= 0.6 is 0 Å². The van der Waals surface area contributed by atoms with Crippen LogP contribution < -0.4 is 5.32 Å². The van der Waals surface area contributed by atoms with Gasteiger partial charge in [-0.05, 0) is 35.7 Å². The molecule has 2 aromatic heterocycles. The fourth-order valence-electron chi connectivity index (χ4n) is 2.83. The number of pyridine rings is 2. The molecule has 3 rings (SSSR count). The molecule has 1 N–H and O–H groups in total. The Hall–Kier alpha value is -2.76. The van der Waals surface area contributed by atoms with Gasteiger partial charge in [0.2, 0.25) is 11.8 Å². The van der Waals surface area contributed by atoms with Gasteiger partial charge in [-0.1, -0.05) is 6.07 Å². The topological polar surface area (TPSA) is 75.2 Å². The molecule has 2 aromatic rings. The highest BCUT2D eigenvalue weighted by Crippen LogP contribution is 2.20. The normalized spacial score (nSPS) is 17.1. The highest BCUT2D eigenvalue weighted by molar-refractivity contribution is 5.89. The number of hydrogen-bond donors (Lipinski definition) is 1. The van der Waals surface area contributed by atoms with Crippen molar-refractivity contribution >= 4 is 11.8 Å². The third-order valence-electron chi connectivity index (χ3n) is 4.14. The molecule has 1 atom stereocenters. The average molecular weight is 324 g/mol. The zero-order chi connectivity index (χ0) is 16.8. The van der Waals surface area contributed by atoms with Crippen LogP contribution in [0.5, 0.6) is 0 Å². The Morgan fingerprint density at radius 1 is 1.17 bits per heavy atom. The first kappa shape index (κ1) is 16.1. The van der Waals surface area contributed by atoms with Crippen molar-refractivity contribution < 1.29 is 9.59 Å². The van der Waals surface area contributed by atoms with E-state index in [1.807, 2.05) is 24.3 Å². The van der Waals surface area contributed by atoms with Crippen molar-refractivity contribution in [2.75, 3.05) is 13.1 Å². The predicted molar refractivity (Wildman–Crippen MR) is 88.7 cm³/mol. The van der Waals surface area contributed by atoms with Gasteiger partial charge in [-0.3, -0.25) is 19.6 Å². The van der Waals surface area contributed by atoms with E-state index in [2.05, 4.69) is 15.3 Å². The Morgan fingerprint density at radius 3 is 2.75 bits per heavy atom. The SMILES string of the molecule is O=C(NCCc1cccnc1)C1CC(=O)N(Cc2ccncc2)C1. The second-order valence-electron chi connectivity index (χ2n) is 5.93. The number of hydrogen-bond acceptors (Lipinski definition) is 4. The van der Waals surface area contributed by atoms with E-state index in [9.17, 15) is 9.59 Å². The maximum atomic E-state index is 12.3. The summed E-state index contributed by atoms with van der Waals surface area (Å²) >= 11 is 0. The quantitative estimate of drug-likeness (QED) is 0.866. The second-order valence-corrected chi connectivity index (χ2v) is 5.93. The summed E-state index contributed by atoms with van der Waals surface area (Å²) in [6.07, 6.45) is 7.95. The van der Waals surface area contributed by atoms with Crippen LogP contribution in [0.2, 0.25) is 0 Å². The lowest BCUT2D eigenvalue weighted by Gasteiger charge is -2.16. The largest absolute Gasteiger partial charge is 0.355 e. The van der Waals surface area contributed by atoms with E-state index in [1.54, 1.807) is 29.7 Å². The lowest BCUT2D eigenvalue weighted by molar-refractivity contribution is -0.129. The highest BCUT2D eigenvalue weighted by atomic mass is 16.2. The number of carbonyl (C=O) groups is 2. The first-order valence-electron chi connectivity index (χ1n) is 8.05. The molecular formula is C18H20N4O2. The van der Waals surface area contributed by atoms with Crippen LogP contribution in [0.4, 0.5) is 0 Å².